The lowest BCUT2D eigenvalue weighted by molar-refractivity contribution is 0.661. The van der Waals surface area contributed by atoms with Crippen LogP contribution in [0.4, 0.5) is 11.4 Å². The van der Waals surface area contributed by atoms with E-state index in [9.17, 15) is 0 Å². The topological polar surface area (TPSA) is 50.1 Å². The van der Waals surface area contributed by atoms with Crippen molar-refractivity contribution in [2.24, 2.45) is 5.73 Å². The van der Waals surface area contributed by atoms with Crippen molar-refractivity contribution in [2.45, 2.75) is 32.6 Å². The van der Waals surface area contributed by atoms with Crippen LogP contribution in [0.15, 0.2) is 24.3 Å². The fourth-order valence-corrected chi connectivity index (χ4v) is 1.77. The Morgan fingerprint density at radius 1 is 0.882 bits per heavy atom. The molecule has 1 aromatic carbocycles. The highest BCUT2D eigenvalue weighted by molar-refractivity contribution is 5.53. The molecule has 0 amide bonds. The van der Waals surface area contributed by atoms with Gasteiger partial charge in [0, 0.05) is 24.5 Å². The van der Waals surface area contributed by atoms with Crippen LogP contribution >= 0.6 is 0 Å². The number of nitrogens with one attached hydrogen (secondary N) is 2. The molecule has 0 bridgehead atoms. The Kier molecular flexibility index (Phi) is 7.23. The molecule has 96 valence electrons. The van der Waals surface area contributed by atoms with Gasteiger partial charge in [-0.15, -0.1) is 0 Å². The Morgan fingerprint density at radius 2 is 1.47 bits per heavy atom. The van der Waals surface area contributed by atoms with Crippen LogP contribution in [0, 0.1) is 0 Å². The minimum Gasteiger partial charge on any atom is -0.385 e. The summed E-state index contributed by atoms with van der Waals surface area (Å²) in [6.45, 7) is 4.94. The molecule has 3 nitrogen and oxygen atoms in total. The first-order valence-corrected chi connectivity index (χ1v) is 6.64. The average molecular weight is 235 g/mol. The lowest BCUT2D eigenvalue weighted by atomic mass is 10.2. The third-order valence-corrected chi connectivity index (χ3v) is 2.73. The summed E-state index contributed by atoms with van der Waals surface area (Å²) in [5.74, 6) is 0. The van der Waals surface area contributed by atoms with E-state index in [0.29, 0.717) is 0 Å². The van der Waals surface area contributed by atoms with Crippen LogP contribution in [0.2, 0.25) is 0 Å². The summed E-state index contributed by atoms with van der Waals surface area (Å²) in [6, 6.07) is 8.47. The van der Waals surface area contributed by atoms with E-state index in [1.165, 1.54) is 30.6 Å². The molecule has 0 radical (unpaired) electrons. The summed E-state index contributed by atoms with van der Waals surface area (Å²) < 4.78 is 0. The summed E-state index contributed by atoms with van der Waals surface area (Å²) >= 11 is 0. The lowest BCUT2D eigenvalue weighted by Gasteiger charge is -2.08. The molecular weight excluding hydrogens is 210 g/mol. The fourth-order valence-electron chi connectivity index (χ4n) is 1.77. The molecule has 4 N–H and O–H groups in total. The first kappa shape index (κ1) is 13.8. The van der Waals surface area contributed by atoms with Crippen LogP contribution in [0.5, 0.6) is 0 Å². The first-order chi connectivity index (χ1) is 8.36. The van der Waals surface area contributed by atoms with Gasteiger partial charge in [-0.25, -0.2) is 0 Å². The molecule has 0 fully saturated rings. The van der Waals surface area contributed by atoms with Gasteiger partial charge in [0.1, 0.15) is 0 Å². The van der Waals surface area contributed by atoms with E-state index in [1.807, 2.05) is 0 Å². The van der Waals surface area contributed by atoms with Gasteiger partial charge in [-0.3, -0.25) is 0 Å². The predicted molar refractivity (Wildman–Crippen MR) is 76.6 cm³/mol. The van der Waals surface area contributed by atoms with Crippen LogP contribution in [0.1, 0.15) is 32.6 Å². The Hall–Kier alpha value is -1.22. The maximum atomic E-state index is 5.45. The van der Waals surface area contributed by atoms with Gasteiger partial charge in [0.25, 0.3) is 0 Å². The third-order valence-electron chi connectivity index (χ3n) is 2.73. The number of unbranched alkanes of at least 4 members (excludes halogenated alkanes) is 3. The van der Waals surface area contributed by atoms with Crippen LogP contribution in [-0.4, -0.2) is 19.6 Å². The molecule has 0 aliphatic heterocycles. The van der Waals surface area contributed by atoms with Crippen LogP contribution in [0.25, 0.3) is 0 Å². The molecule has 1 aromatic rings. The van der Waals surface area contributed by atoms with Crippen LogP contribution < -0.4 is 16.4 Å². The van der Waals surface area contributed by atoms with E-state index >= 15 is 0 Å². The van der Waals surface area contributed by atoms with E-state index < -0.39 is 0 Å². The van der Waals surface area contributed by atoms with Crippen LogP contribution in [0.3, 0.4) is 0 Å². The molecule has 1 rings (SSSR count). The molecule has 0 aromatic heterocycles. The highest BCUT2D eigenvalue weighted by Gasteiger charge is 1.93. The Labute approximate surface area is 105 Å². The summed E-state index contributed by atoms with van der Waals surface area (Å²) in [5.41, 5.74) is 7.83. The third kappa shape index (κ3) is 6.17. The second-order valence-electron chi connectivity index (χ2n) is 4.24. The number of anilines is 2. The standard InChI is InChI=1S/C14H25N3/c1-2-16-13-7-9-14(10-8-13)17-12-6-4-3-5-11-15/h7-10,16-17H,2-6,11-12,15H2,1H3. The SMILES string of the molecule is CCNc1ccc(NCCCCCCN)cc1. The molecule has 3 heteroatoms. The zero-order chi connectivity index (χ0) is 12.3. The lowest BCUT2D eigenvalue weighted by Crippen LogP contribution is -2.03. The van der Waals surface area contributed by atoms with Gasteiger partial charge in [-0.05, 0) is 50.6 Å². The number of hydrogen-bond donors (Lipinski definition) is 3. The molecule has 0 aliphatic carbocycles. The second kappa shape index (κ2) is 8.88. The van der Waals surface area contributed by atoms with E-state index in [0.717, 1.165) is 26.1 Å². The van der Waals surface area contributed by atoms with Crippen molar-refractivity contribution < 1.29 is 0 Å². The van der Waals surface area contributed by atoms with E-state index in [4.69, 9.17) is 5.73 Å². The van der Waals surface area contributed by atoms with Gasteiger partial charge in [-0.2, -0.15) is 0 Å². The maximum Gasteiger partial charge on any atom is 0.0341 e. The summed E-state index contributed by atoms with van der Waals surface area (Å²) in [4.78, 5) is 0. The van der Waals surface area contributed by atoms with E-state index in [2.05, 4.69) is 41.8 Å². The van der Waals surface area contributed by atoms with Gasteiger partial charge < -0.3 is 16.4 Å². The van der Waals surface area contributed by atoms with Crippen molar-refractivity contribution in [3.05, 3.63) is 24.3 Å². The molecule has 0 aliphatic rings. The second-order valence-corrected chi connectivity index (χ2v) is 4.24. The number of benzene rings is 1. The van der Waals surface area contributed by atoms with Crippen molar-refractivity contribution in [1.29, 1.82) is 0 Å². The maximum absolute atomic E-state index is 5.45. The summed E-state index contributed by atoms with van der Waals surface area (Å²) in [7, 11) is 0. The molecule has 0 saturated carbocycles. The molecular formula is C14H25N3. The molecule has 0 spiro atoms. The van der Waals surface area contributed by atoms with E-state index in [1.54, 1.807) is 0 Å². The zero-order valence-electron chi connectivity index (χ0n) is 10.8. The van der Waals surface area contributed by atoms with Crippen molar-refractivity contribution in [2.75, 3.05) is 30.3 Å². The van der Waals surface area contributed by atoms with Gasteiger partial charge in [0.2, 0.25) is 0 Å². The predicted octanol–water partition coefficient (Wildman–Crippen LogP) is 3.05. The summed E-state index contributed by atoms with van der Waals surface area (Å²) in [6.07, 6.45) is 4.88. The first-order valence-electron chi connectivity index (χ1n) is 6.64. The van der Waals surface area contributed by atoms with E-state index in [-0.39, 0.29) is 0 Å². The quantitative estimate of drug-likeness (QED) is 0.577. The Bertz CT molecular complexity index is 282. The average Bonchev–Trinajstić information content (AvgIpc) is 2.36. The van der Waals surface area contributed by atoms with Gasteiger partial charge >= 0.3 is 0 Å². The minimum atomic E-state index is 0.819. The minimum absolute atomic E-state index is 0.819. The Balaban J connectivity index is 2.14. The van der Waals surface area contributed by atoms with Gasteiger partial charge in [0.15, 0.2) is 0 Å². The largest absolute Gasteiger partial charge is 0.385 e. The molecule has 0 atom stereocenters. The molecule has 0 saturated heterocycles. The highest BCUT2D eigenvalue weighted by atomic mass is 14.9. The monoisotopic (exact) mass is 235 g/mol. The molecule has 17 heavy (non-hydrogen) atoms. The van der Waals surface area contributed by atoms with Crippen LogP contribution in [-0.2, 0) is 0 Å². The van der Waals surface area contributed by atoms with Gasteiger partial charge in [-0.1, -0.05) is 12.8 Å². The zero-order valence-corrected chi connectivity index (χ0v) is 10.8. The highest BCUT2D eigenvalue weighted by Crippen LogP contribution is 2.13. The molecule has 0 unspecified atom stereocenters. The fraction of sp³-hybridized carbons (Fsp3) is 0.571. The van der Waals surface area contributed by atoms with Crippen molar-refractivity contribution in [3.63, 3.8) is 0 Å². The summed E-state index contributed by atoms with van der Waals surface area (Å²) in [5, 5.41) is 6.72. The van der Waals surface area contributed by atoms with Gasteiger partial charge in [0.05, 0.1) is 0 Å². The molecule has 0 heterocycles. The van der Waals surface area contributed by atoms with Crippen molar-refractivity contribution in [3.8, 4) is 0 Å². The van der Waals surface area contributed by atoms with Crippen molar-refractivity contribution >= 4 is 11.4 Å². The smallest absolute Gasteiger partial charge is 0.0341 e. The number of hydrogen-bond acceptors (Lipinski definition) is 3. The Morgan fingerprint density at radius 3 is 2.06 bits per heavy atom. The van der Waals surface area contributed by atoms with Crippen molar-refractivity contribution in [1.82, 2.24) is 0 Å². The number of nitrogens with two attached hydrogens (primary N) is 1. The normalized spacial score (nSPS) is 10.2. The number of rotatable bonds is 9.